The number of hydrogen-bond acceptors (Lipinski definition) is 2. The van der Waals surface area contributed by atoms with Gasteiger partial charge in [-0.2, -0.15) is 5.10 Å². The van der Waals surface area contributed by atoms with Crippen molar-refractivity contribution in [2.24, 2.45) is 0 Å². The average molecular weight is 187 g/mol. The van der Waals surface area contributed by atoms with Gasteiger partial charge in [0.15, 0.2) is 0 Å². The van der Waals surface area contributed by atoms with Gasteiger partial charge in [-0.25, -0.2) is 0 Å². The van der Waals surface area contributed by atoms with Crippen molar-refractivity contribution in [2.75, 3.05) is 0 Å². The summed E-state index contributed by atoms with van der Waals surface area (Å²) >= 11 is 5.93. The van der Waals surface area contributed by atoms with E-state index in [-0.39, 0.29) is 0 Å². The largest absolute Gasteiger partial charge is 0.303 e. The van der Waals surface area contributed by atoms with Gasteiger partial charge in [0.2, 0.25) is 0 Å². The number of carbonyl (C=O) groups is 1. The summed E-state index contributed by atoms with van der Waals surface area (Å²) in [4.78, 5) is 10.3. The fourth-order valence-corrected chi connectivity index (χ4v) is 1.36. The maximum Gasteiger partial charge on any atom is 0.125 e. The average Bonchev–Trinajstić information content (AvgIpc) is 2.33. The summed E-state index contributed by atoms with van der Waals surface area (Å²) in [6.45, 7) is 4.55. The number of carbonyl (C=O) groups excluding carboxylic acids is 1. The summed E-state index contributed by atoms with van der Waals surface area (Å²) in [5.41, 5.74) is 1.60. The summed E-state index contributed by atoms with van der Waals surface area (Å²) < 4.78 is 1.76. The monoisotopic (exact) mass is 186 g/mol. The first-order valence-electron chi connectivity index (χ1n) is 3.86. The Morgan fingerprint density at radius 1 is 1.67 bits per heavy atom. The molecule has 66 valence electrons. The quantitative estimate of drug-likeness (QED) is 0.673. The van der Waals surface area contributed by atoms with Crippen molar-refractivity contribution in [3.63, 3.8) is 0 Å². The molecule has 0 aliphatic heterocycles. The van der Waals surface area contributed by atoms with E-state index in [0.29, 0.717) is 11.4 Å². The van der Waals surface area contributed by atoms with Crippen molar-refractivity contribution >= 4 is 17.9 Å². The minimum absolute atomic E-state index is 0.341. The molecule has 0 spiro atoms. The molecular weight excluding hydrogens is 176 g/mol. The zero-order valence-electron chi connectivity index (χ0n) is 7.17. The van der Waals surface area contributed by atoms with Crippen molar-refractivity contribution in [1.82, 2.24) is 9.78 Å². The third kappa shape index (κ3) is 1.50. The van der Waals surface area contributed by atoms with Crippen LogP contribution in [0.1, 0.15) is 18.3 Å². The maximum absolute atomic E-state index is 10.3. The van der Waals surface area contributed by atoms with Gasteiger partial charge in [-0.15, -0.1) is 0 Å². The molecule has 0 fully saturated rings. The van der Waals surface area contributed by atoms with Gasteiger partial charge >= 0.3 is 0 Å². The van der Waals surface area contributed by atoms with Gasteiger partial charge in [-0.1, -0.05) is 11.6 Å². The predicted molar refractivity (Wildman–Crippen MR) is 47.4 cm³/mol. The Kier molecular flexibility index (Phi) is 2.87. The molecule has 3 nitrogen and oxygen atoms in total. The van der Waals surface area contributed by atoms with Crippen LogP contribution in [-0.4, -0.2) is 16.1 Å². The highest BCUT2D eigenvalue weighted by atomic mass is 35.5. The summed E-state index contributed by atoms with van der Waals surface area (Å²) in [6.07, 6.45) is 1.18. The summed E-state index contributed by atoms with van der Waals surface area (Å²) in [5, 5.41) is 4.79. The van der Waals surface area contributed by atoms with Gasteiger partial charge in [-0.05, 0) is 13.8 Å². The molecule has 1 aromatic heterocycles. The van der Waals surface area contributed by atoms with Crippen LogP contribution in [0.3, 0.4) is 0 Å². The van der Waals surface area contributed by atoms with Crippen molar-refractivity contribution in [1.29, 1.82) is 0 Å². The predicted octanol–water partition coefficient (Wildman–Crippen LogP) is 1.61. The van der Waals surface area contributed by atoms with Crippen LogP contribution < -0.4 is 0 Å². The van der Waals surface area contributed by atoms with Crippen LogP contribution >= 0.6 is 11.6 Å². The van der Waals surface area contributed by atoms with E-state index < -0.39 is 0 Å². The second-order valence-corrected chi connectivity index (χ2v) is 2.91. The number of aryl methyl sites for hydroxylation is 2. The Hall–Kier alpha value is -0.830. The Balaban J connectivity index is 3.11. The fourth-order valence-electron chi connectivity index (χ4n) is 1.14. The second kappa shape index (κ2) is 3.72. The molecule has 0 aliphatic rings. The minimum atomic E-state index is 0.341. The van der Waals surface area contributed by atoms with Gasteiger partial charge < -0.3 is 4.79 Å². The number of halogens is 1. The van der Waals surface area contributed by atoms with Crippen LogP contribution in [0.5, 0.6) is 0 Å². The summed E-state index contributed by atoms with van der Waals surface area (Å²) in [5.74, 6) is 0. The molecule has 0 aromatic carbocycles. The maximum atomic E-state index is 10.3. The van der Waals surface area contributed by atoms with E-state index in [9.17, 15) is 4.79 Å². The van der Waals surface area contributed by atoms with Crippen molar-refractivity contribution in [2.45, 2.75) is 26.8 Å². The Morgan fingerprint density at radius 3 is 2.83 bits per heavy atom. The Morgan fingerprint density at radius 2 is 2.33 bits per heavy atom. The lowest BCUT2D eigenvalue weighted by Crippen LogP contribution is -2.03. The number of aromatic nitrogens is 2. The molecule has 0 unspecified atom stereocenters. The lowest BCUT2D eigenvalue weighted by molar-refractivity contribution is -0.107. The molecule has 1 aromatic rings. The highest BCUT2D eigenvalue weighted by molar-refractivity contribution is 6.32. The van der Waals surface area contributed by atoms with Gasteiger partial charge in [0.05, 0.1) is 16.4 Å². The van der Waals surface area contributed by atoms with Crippen LogP contribution in [0.15, 0.2) is 0 Å². The molecule has 1 rings (SSSR count). The number of rotatable bonds is 3. The first-order chi connectivity index (χ1) is 5.70. The van der Waals surface area contributed by atoms with Gasteiger partial charge in [0, 0.05) is 13.0 Å². The van der Waals surface area contributed by atoms with E-state index in [2.05, 4.69) is 5.10 Å². The standard InChI is InChI=1S/C8H11ClN2O/c1-3-11-7(4-5-12)8(9)6(2)10-11/h5H,3-4H2,1-2H3. The minimum Gasteiger partial charge on any atom is -0.303 e. The summed E-state index contributed by atoms with van der Waals surface area (Å²) in [7, 11) is 0. The van der Waals surface area contributed by atoms with Gasteiger partial charge in [0.25, 0.3) is 0 Å². The smallest absolute Gasteiger partial charge is 0.125 e. The molecular formula is C8H11ClN2O. The Bertz CT molecular complexity index is 293. The first kappa shape index (κ1) is 9.26. The van der Waals surface area contributed by atoms with E-state index in [1.165, 1.54) is 0 Å². The fraction of sp³-hybridized carbons (Fsp3) is 0.500. The number of nitrogens with zero attached hydrogens (tertiary/aromatic N) is 2. The molecule has 0 radical (unpaired) electrons. The van der Waals surface area contributed by atoms with E-state index >= 15 is 0 Å². The number of hydrogen-bond donors (Lipinski definition) is 0. The van der Waals surface area contributed by atoms with Gasteiger partial charge in [-0.3, -0.25) is 4.68 Å². The van der Waals surface area contributed by atoms with E-state index in [4.69, 9.17) is 11.6 Å². The molecule has 12 heavy (non-hydrogen) atoms. The van der Waals surface area contributed by atoms with Crippen LogP contribution in [-0.2, 0) is 17.8 Å². The normalized spacial score (nSPS) is 10.2. The SMILES string of the molecule is CCn1nc(C)c(Cl)c1CC=O. The highest BCUT2D eigenvalue weighted by Crippen LogP contribution is 2.19. The van der Waals surface area contributed by atoms with E-state index in [1.54, 1.807) is 4.68 Å². The highest BCUT2D eigenvalue weighted by Gasteiger charge is 2.10. The van der Waals surface area contributed by atoms with Crippen molar-refractivity contribution in [3.05, 3.63) is 16.4 Å². The molecule has 1 heterocycles. The zero-order valence-corrected chi connectivity index (χ0v) is 7.93. The molecule has 0 N–H and O–H groups in total. The molecule has 0 aliphatic carbocycles. The van der Waals surface area contributed by atoms with Crippen LogP contribution in [0.4, 0.5) is 0 Å². The van der Waals surface area contributed by atoms with E-state index in [0.717, 1.165) is 24.2 Å². The van der Waals surface area contributed by atoms with Crippen molar-refractivity contribution in [3.8, 4) is 0 Å². The third-order valence-corrected chi connectivity index (χ3v) is 2.22. The molecule has 0 saturated heterocycles. The zero-order chi connectivity index (χ0) is 9.14. The van der Waals surface area contributed by atoms with E-state index in [1.807, 2.05) is 13.8 Å². The molecule has 4 heteroatoms. The van der Waals surface area contributed by atoms with Crippen LogP contribution in [0, 0.1) is 6.92 Å². The van der Waals surface area contributed by atoms with Gasteiger partial charge in [0.1, 0.15) is 6.29 Å². The van der Waals surface area contributed by atoms with Crippen molar-refractivity contribution < 1.29 is 4.79 Å². The molecule has 0 atom stereocenters. The number of aldehydes is 1. The first-order valence-corrected chi connectivity index (χ1v) is 4.23. The molecule has 0 amide bonds. The molecule has 0 saturated carbocycles. The van der Waals surface area contributed by atoms with Crippen LogP contribution in [0.2, 0.25) is 5.02 Å². The lowest BCUT2D eigenvalue weighted by Gasteiger charge is -1.99. The second-order valence-electron chi connectivity index (χ2n) is 2.53. The Labute approximate surface area is 76.3 Å². The lowest BCUT2D eigenvalue weighted by atomic mass is 10.3. The third-order valence-electron chi connectivity index (χ3n) is 1.73. The topological polar surface area (TPSA) is 34.9 Å². The van der Waals surface area contributed by atoms with Crippen LogP contribution in [0.25, 0.3) is 0 Å². The molecule has 0 bridgehead atoms. The summed E-state index contributed by atoms with van der Waals surface area (Å²) in [6, 6.07) is 0.